The number of hydrogen-bond acceptors (Lipinski definition) is 6. The first-order valence-corrected chi connectivity index (χ1v) is 9.36. The standard InChI is InChI=1S/C22H25NO5/c1-12-6-13(2)19(14(3)7-12)17-10-16(28-23-17)8-15-9-18(24-4)21-22(20(15)25-5)27-11-26-21/h6-7,9,16H,8,10-11H2,1-5H3/t16-/m0/s1. The number of ether oxygens (including phenoxy) is 4. The van der Waals surface area contributed by atoms with Crippen molar-refractivity contribution in [2.45, 2.75) is 39.7 Å². The molecule has 0 N–H and O–H groups in total. The average Bonchev–Trinajstić information content (AvgIpc) is 3.30. The van der Waals surface area contributed by atoms with Gasteiger partial charge >= 0.3 is 0 Å². The molecule has 1 atom stereocenters. The van der Waals surface area contributed by atoms with Crippen LogP contribution >= 0.6 is 0 Å². The third-order valence-corrected chi connectivity index (χ3v) is 5.21. The van der Waals surface area contributed by atoms with Crippen LogP contribution in [0.3, 0.4) is 0 Å². The second-order valence-corrected chi connectivity index (χ2v) is 7.28. The van der Waals surface area contributed by atoms with E-state index in [1.165, 1.54) is 22.3 Å². The number of nitrogens with zero attached hydrogens (tertiary/aromatic N) is 1. The van der Waals surface area contributed by atoms with Crippen molar-refractivity contribution in [3.05, 3.63) is 46.0 Å². The summed E-state index contributed by atoms with van der Waals surface area (Å²) in [5.74, 6) is 2.46. The van der Waals surface area contributed by atoms with E-state index >= 15 is 0 Å². The zero-order valence-electron chi connectivity index (χ0n) is 16.9. The zero-order chi connectivity index (χ0) is 19.8. The highest BCUT2D eigenvalue weighted by molar-refractivity contribution is 6.03. The lowest BCUT2D eigenvalue weighted by Gasteiger charge is -2.16. The van der Waals surface area contributed by atoms with Gasteiger partial charge in [-0.3, -0.25) is 0 Å². The van der Waals surface area contributed by atoms with Crippen LogP contribution in [-0.2, 0) is 11.3 Å². The second-order valence-electron chi connectivity index (χ2n) is 7.28. The highest BCUT2D eigenvalue weighted by Gasteiger charge is 2.31. The number of benzene rings is 2. The second kappa shape index (κ2) is 7.26. The van der Waals surface area contributed by atoms with Gasteiger partial charge in [0.1, 0.15) is 6.10 Å². The van der Waals surface area contributed by atoms with E-state index in [1.807, 2.05) is 6.07 Å². The van der Waals surface area contributed by atoms with Crippen molar-refractivity contribution < 1.29 is 23.8 Å². The number of fused-ring (bicyclic) bond motifs is 1. The maximum Gasteiger partial charge on any atom is 0.231 e. The molecule has 0 bridgehead atoms. The van der Waals surface area contributed by atoms with Crippen LogP contribution in [0.25, 0.3) is 0 Å². The lowest BCUT2D eigenvalue weighted by molar-refractivity contribution is 0.0853. The van der Waals surface area contributed by atoms with Gasteiger partial charge in [-0.25, -0.2) is 0 Å². The lowest BCUT2D eigenvalue weighted by atomic mass is 9.92. The van der Waals surface area contributed by atoms with E-state index in [4.69, 9.17) is 23.8 Å². The summed E-state index contributed by atoms with van der Waals surface area (Å²) in [6.07, 6.45) is 1.30. The molecule has 4 rings (SSSR count). The molecule has 0 spiro atoms. The molecule has 28 heavy (non-hydrogen) atoms. The molecule has 2 aromatic rings. The largest absolute Gasteiger partial charge is 0.493 e. The van der Waals surface area contributed by atoms with E-state index in [-0.39, 0.29) is 12.9 Å². The van der Waals surface area contributed by atoms with Crippen molar-refractivity contribution in [3.8, 4) is 23.0 Å². The maximum absolute atomic E-state index is 5.78. The predicted molar refractivity (Wildman–Crippen MR) is 106 cm³/mol. The Morgan fingerprint density at radius 3 is 2.39 bits per heavy atom. The minimum absolute atomic E-state index is 0.0749. The monoisotopic (exact) mass is 383 g/mol. The Labute approximate surface area is 165 Å². The predicted octanol–water partition coefficient (Wildman–Crippen LogP) is 4.09. The van der Waals surface area contributed by atoms with Gasteiger partial charge in [-0.05, 0) is 38.0 Å². The minimum Gasteiger partial charge on any atom is -0.493 e. The van der Waals surface area contributed by atoms with Crippen molar-refractivity contribution in [2.75, 3.05) is 21.0 Å². The molecule has 0 radical (unpaired) electrons. The molecule has 0 saturated heterocycles. The van der Waals surface area contributed by atoms with Crippen molar-refractivity contribution in [1.29, 1.82) is 0 Å². The molecular weight excluding hydrogens is 358 g/mol. The number of methoxy groups -OCH3 is 2. The molecule has 148 valence electrons. The van der Waals surface area contributed by atoms with Crippen LogP contribution in [0.5, 0.6) is 23.0 Å². The van der Waals surface area contributed by atoms with Crippen LogP contribution in [0.2, 0.25) is 0 Å². The number of rotatable bonds is 5. The van der Waals surface area contributed by atoms with Crippen LogP contribution in [0, 0.1) is 20.8 Å². The van der Waals surface area contributed by atoms with Gasteiger partial charge in [0.15, 0.2) is 11.5 Å². The Hall–Kier alpha value is -2.89. The van der Waals surface area contributed by atoms with Crippen molar-refractivity contribution in [1.82, 2.24) is 0 Å². The Bertz CT molecular complexity index is 927. The normalized spacial score (nSPS) is 17.3. The molecule has 0 saturated carbocycles. The summed E-state index contributed by atoms with van der Waals surface area (Å²) in [5.41, 5.74) is 6.83. The van der Waals surface area contributed by atoms with Gasteiger partial charge in [-0.1, -0.05) is 22.9 Å². The Morgan fingerprint density at radius 1 is 1.00 bits per heavy atom. The third kappa shape index (κ3) is 3.13. The SMILES string of the molecule is COc1cc(C[C@H]2CC(c3c(C)cc(C)cc3C)=NO2)c(OC)c2c1OCO2. The topological polar surface area (TPSA) is 58.5 Å². The van der Waals surface area contributed by atoms with Gasteiger partial charge in [0.05, 0.1) is 19.9 Å². The molecule has 6 nitrogen and oxygen atoms in total. The van der Waals surface area contributed by atoms with Gasteiger partial charge in [-0.15, -0.1) is 0 Å². The van der Waals surface area contributed by atoms with Crippen LogP contribution in [0.4, 0.5) is 0 Å². The van der Waals surface area contributed by atoms with E-state index in [1.54, 1.807) is 14.2 Å². The fourth-order valence-electron chi connectivity index (χ4n) is 4.16. The van der Waals surface area contributed by atoms with Crippen LogP contribution < -0.4 is 18.9 Å². The molecule has 2 heterocycles. The average molecular weight is 383 g/mol. The Balaban J connectivity index is 1.58. The van der Waals surface area contributed by atoms with E-state index in [0.29, 0.717) is 29.4 Å². The molecular formula is C22H25NO5. The van der Waals surface area contributed by atoms with Gasteiger partial charge in [0, 0.05) is 24.0 Å². The van der Waals surface area contributed by atoms with E-state index in [9.17, 15) is 0 Å². The molecule has 0 amide bonds. The molecule has 0 fully saturated rings. The van der Waals surface area contributed by atoms with E-state index in [2.05, 4.69) is 38.1 Å². The molecule has 2 aliphatic heterocycles. The summed E-state index contributed by atoms with van der Waals surface area (Å²) in [5, 5.41) is 4.39. The van der Waals surface area contributed by atoms with Crippen molar-refractivity contribution in [2.24, 2.45) is 5.16 Å². The molecule has 2 aliphatic rings. The number of hydrogen-bond donors (Lipinski definition) is 0. The molecule has 0 unspecified atom stereocenters. The summed E-state index contributed by atoms with van der Waals surface area (Å²) in [6.45, 7) is 6.51. The first-order valence-electron chi connectivity index (χ1n) is 9.36. The first-order chi connectivity index (χ1) is 13.5. The molecule has 6 heteroatoms. The number of oxime groups is 1. The quantitative estimate of drug-likeness (QED) is 0.778. The third-order valence-electron chi connectivity index (χ3n) is 5.21. The fraction of sp³-hybridized carbons (Fsp3) is 0.409. The van der Waals surface area contributed by atoms with Gasteiger partial charge in [0.25, 0.3) is 0 Å². The minimum atomic E-state index is -0.0749. The summed E-state index contributed by atoms with van der Waals surface area (Å²) in [4.78, 5) is 5.78. The highest BCUT2D eigenvalue weighted by atomic mass is 16.7. The van der Waals surface area contributed by atoms with Crippen LogP contribution in [-0.4, -0.2) is 32.8 Å². The first kappa shape index (κ1) is 18.5. The van der Waals surface area contributed by atoms with E-state index in [0.717, 1.165) is 17.7 Å². The summed E-state index contributed by atoms with van der Waals surface area (Å²) in [6, 6.07) is 6.30. The fourth-order valence-corrected chi connectivity index (χ4v) is 4.16. The smallest absolute Gasteiger partial charge is 0.231 e. The number of aryl methyl sites for hydroxylation is 3. The zero-order valence-corrected chi connectivity index (χ0v) is 16.9. The summed E-state index contributed by atoms with van der Waals surface area (Å²) >= 11 is 0. The van der Waals surface area contributed by atoms with Crippen LogP contribution in [0.1, 0.15) is 34.2 Å². The molecule has 0 aliphatic carbocycles. The van der Waals surface area contributed by atoms with Crippen LogP contribution in [0.15, 0.2) is 23.4 Å². The maximum atomic E-state index is 5.78. The Kier molecular flexibility index (Phi) is 4.79. The van der Waals surface area contributed by atoms with E-state index < -0.39 is 0 Å². The van der Waals surface area contributed by atoms with Crippen molar-refractivity contribution in [3.63, 3.8) is 0 Å². The van der Waals surface area contributed by atoms with Crippen molar-refractivity contribution >= 4 is 5.71 Å². The van der Waals surface area contributed by atoms with Gasteiger partial charge in [0.2, 0.25) is 18.3 Å². The molecule has 0 aromatic heterocycles. The van der Waals surface area contributed by atoms with Gasteiger partial charge in [-0.2, -0.15) is 0 Å². The lowest BCUT2D eigenvalue weighted by Crippen LogP contribution is -2.14. The molecule has 2 aromatic carbocycles. The highest BCUT2D eigenvalue weighted by Crippen LogP contribution is 2.50. The summed E-state index contributed by atoms with van der Waals surface area (Å²) < 4.78 is 22.2. The Morgan fingerprint density at radius 2 is 1.71 bits per heavy atom. The van der Waals surface area contributed by atoms with Gasteiger partial charge < -0.3 is 23.8 Å². The summed E-state index contributed by atoms with van der Waals surface area (Å²) in [7, 11) is 3.24.